The van der Waals surface area contributed by atoms with E-state index >= 15 is 0 Å². The zero-order chi connectivity index (χ0) is 12.8. The molecule has 0 amide bonds. The number of nitrogens with one attached hydrogen (secondary N) is 1. The van der Waals surface area contributed by atoms with Crippen LogP contribution in [0.5, 0.6) is 0 Å². The highest BCUT2D eigenvalue weighted by atomic mass is 32.1. The lowest BCUT2D eigenvalue weighted by atomic mass is 10.1. The summed E-state index contributed by atoms with van der Waals surface area (Å²) < 4.78 is 13.5. The second kappa shape index (κ2) is 6.51. The average Bonchev–Trinajstić information content (AvgIpc) is 2.23. The topological polar surface area (TPSA) is 41.3 Å². The zero-order valence-electron chi connectivity index (χ0n) is 10.2. The fourth-order valence-electron chi connectivity index (χ4n) is 1.54. The Balaban J connectivity index is 2.64. The maximum atomic E-state index is 13.5. The van der Waals surface area contributed by atoms with Crippen LogP contribution in [0.15, 0.2) is 18.2 Å². The summed E-state index contributed by atoms with van der Waals surface area (Å²) in [6, 6.07) is 4.79. The molecular weight excluding hydrogens is 237 g/mol. The predicted molar refractivity (Wildman–Crippen MR) is 73.9 cm³/mol. The van der Waals surface area contributed by atoms with E-state index in [1.54, 1.807) is 12.1 Å². The van der Waals surface area contributed by atoms with Crippen molar-refractivity contribution < 1.29 is 4.39 Å². The predicted octanol–water partition coefficient (Wildman–Crippen LogP) is 1.82. The van der Waals surface area contributed by atoms with Crippen molar-refractivity contribution in [2.24, 2.45) is 5.73 Å². The first kappa shape index (κ1) is 13.9. The van der Waals surface area contributed by atoms with Crippen LogP contribution in [0.1, 0.15) is 12.0 Å². The summed E-state index contributed by atoms with van der Waals surface area (Å²) >= 11 is 4.85. The minimum atomic E-state index is -0.380. The molecule has 0 heterocycles. The second-order valence-electron chi connectivity index (χ2n) is 4.11. The lowest BCUT2D eigenvalue weighted by Crippen LogP contribution is -2.19. The van der Waals surface area contributed by atoms with Gasteiger partial charge in [-0.2, -0.15) is 0 Å². The van der Waals surface area contributed by atoms with E-state index in [-0.39, 0.29) is 10.8 Å². The molecule has 3 nitrogen and oxygen atoms in total. The number of hydrogen-bond donors (Lipinski definition) is 2. The first-order valence-corrected chi connectivity index (χ1v) is 5.90. The minimum absolute atomic E-state index is 0.0817. The van der Waals surface area contributed by atoms with Crippen LogP contribution in [0.2, 0.25) is 0 Å². The van der Waals surface area contributed by atoms with E-state index in [0.29, 0.717) is 11.3 Å². The Labute approximate surface area is 107 Å². The van der Waals surface area contributed by atoms with Crippen molar-refractivity contribution in [3.8, 4) is 0 Å². The summed E-state index contributed by atoms with van der Waals surface area (Å²) in [6.45, 7) is 1.74. The smallest absolute Gasteiger partial charge is 0.135 e. The van der Waals surface area contributed by atoms with Crippen molar-refractivity contribution in [1.29, 1.82) is 0 Å². The summed E-state index contributed by atoms with van der Waals surface area (Å²) in [5, 5.41) is 3.16. The van der Waals surface area contributed by atoms with Crippen molar-refractivity contribution in [2.75, 3.05) is 32.5 Å². The molecule has 0 fully saturated rings. The van der Waals surface area contributed by atoms with Crippen LogP contribution in [-0.2, 0) is 0 Å². The Morgan fingerprint density at radius 1 is 1.47 bits per heavy atom. The van der Waals surface area contributed by atoms with Gasteiger partial charge in [0, 0.05) is 12.2 Å². The Morgan fingerprint density at radius 3 is 2.76 bits per heavy atom. The zero-order valence-corrected chi connectivity index (χ0v) is 11.0. The lowest BCUT2D eigenvalue weighted by molar-refractivity contribution is 0.405. The largest absolute Gasteiger partial charge is 0.389 e. The molecule has 0 aliphatic rings. The Bertz CT molecular complexity index is 393. The number of rotatable bonds is 6. The second-order valence-corrected chi connectivity index (χ2v) is 4.55. The summed E-state index contributed by atoms with van der Waals surface area (Å²) in [4.78, 5) is 2.18. The average molecular weight is 255 g/mol. The van der Waals surface area contributed by atoms with E-state index in [9.17, 15) is 4.39 Å². The van der Waals surface area contributed by atoms with E-state index in [1.165, 1.54) is 6.07 Å². The molecule has 0 atom stereocenters. The van der Waals surface area contributed by atoms with Gasteiger partial charge in [0.05, 0.1) is 5.56 Å². The first-order chi connectivity index (χ1) is 8.02. The van der Waals surface area contributed by atoms with Gasteiger partial charge in [0.15, 0.2) is 0 Å². The molecule has 1 aromatic carbocycles. The number of nitrogens with two attached hydrogens (primary N) is 1. The Hall–Kier alpha value is -1.20. The molecule has 0 bridgehead atoms. The number of anilines is 1. The SMILES string of the molecule is CN(C)CCCNc1cccc(F)c1C(N)=S. The molecule has 17 heavy (non-hydrogen) atoms. The number of thiocarbonyl (C=S) groups is 1. The van der Waals surface area contributed by atoms with E-state index in [4.69, 9.17) is 18.0 Å². The number of nitrogens with zero attached hydrogens (tertiary/aromatic N) is 1. The van der Waals surface area contributed by atoms with E-state index < -0.39 is 0 Å². The number of benzene rings is 1. The standard InChI is InChI=1S/C12H18FN3S/c1-16(2)8-4-7-15-10-6-3-5-9(13)11(10)12(14)17/h3,5-6,15H,4,7-8H2,1-2H3,(H2,14,17). The third-order valence-corrected chi connectivity index (χ3v) is 2.56. The maximum Gasteiger partial charge on any atom is 0.135 e. The van der Waals surface area contributed by atoms with Crippen molar-refractivity contribution in [3.05, 3.63) is 29.6 Å². The third kappa shape index (κ3) is 4.28. The van der Waals surface area contributed by atoms with Gasteiger partial charge in [-0.25, -0.2) is 4.39 Å². The van der Waals surface area contributed by atoms with Gasteiger partial charge >= 0.3 is 0 Å². The van der Waals surface area contributed by atoms with Crippen molar-refractivity contribution in [3.63, 3.8) is 0 Å². The van der Waals surface area contributed by atoms with Crippen LogP contribution in [0.4, 0.5) is 10.1 Å². The van der Waals surface area contributed by atoms with Gasteiger partial charge in [-0.15, -0.1) is 0 Å². The molecule has 0 aliphatic heterocycles. The molecule has 0 aromatic heterocycles. The molecular formula is C12H18FN3S. The fourth-order valence-corrected chi connectivity index (χ4v) is 1.75. The van der Waals surface area contributed by atoms with Gasteiger partial charge in [-0.3, -0.25) is 0 Å². The molecule has 5 heteroatoms. The lowest BCUT2D eigenvalue weighted by Gasteiger charge is -2.13. The van der Waals surface area contributed by atoms with Crippen molar-refractivity contribution >= 4 is 22.9 Å². The van der Waals surface area contributed by atoms with Gasteiger partial charge in [0.1, 0.15) is 10.8 Å². The van der Waals surface area contributed by atoms with Crippen LogP contribution in [0, 0.1) is 5.82 Å². The molecule has 0 saturated heterocycles. The van der Waals surface area contributed by atoms with E-state index in [1.807, 2.05) is 14.1 Å². The number of hydrogen-bond acceptors (Lipinski definition) is 3. The first-order valence-electron chi connectivity index (χ1n) is 5.49. The molecule has 3 N–H and O–H groups in total. The van der Waals surface area contributed by atoms with Crippen LogP contribution in [0.25, 0.3) is 0 Å². The highest BCUT2D eigenvalue weighted by molar-refractivity contribution is 7.80. The highest BCUT2D eigenvalue weighted by Gasteiger charge is 2.10. The highest BCUT2D eigenvalue weighted by Crippen LogP contribution is 2.18. The third-order valence-electron chi connectivity index (χ3n) is 2.36. The Kier molecular flexibility index (Phi) is 5.31. The fraction of sp³-hybridized carbons (Fsp3) is 0.417. The van der Waals surface area contributed by atoms with Crippen molar-refractivity contribution in [1.82, 2.24) is 4.90 Å². The normalized spacial score (nSPS) is 10.6. The number of halogens is 1. The van der Waals surface area contributed by atoms with Gasteiger partial charge in [0.25, 0.3) is 0 Å². The van der Waals surface area contributed by atoms with E-state index in [2.05, 4.69) is 10.2 Å². The molecule has 1 rings (SSSR count). The molecule has 0 radical (unpaired) electrons. The minimum Gasteiger partial charge on any atom is -0.389 e. The van der Waals surface area contributed by atoms with E-state index in [0.717, 1.165) is 19.5 Å². The quantitative estimate of drug-likeness (QED) is 0.601. The Morgan fingerprint density at radius 2 is 2.18 bits per heavy atom. The van der Waals surface area contributed by atoms with Gasteiger partial charge < -0.3 is 16.0 Å². The molecule has 0 unspecified atom stereocenters. The monoisotopic (exact) mass is 255 g/mol. The van der Waals surface area contributed by atoms with Crippen molar-refractivity contribution in [2.45, 2.75) is 6.42 Å². The van der Waals surface area contributed by atoms with Crippen LogP contribution < -0.4 is 11.1 Å². The van der Waals surface area contributed by atoms with Crippen LogP contribution in [0.3, 0.4) is 0 Å². The van der Waals surface area contributed by atoms with Gasteiger partial charge in [-0.05, 0) is 39.2 Å². The maximum absolute atomic E-state index is 13.5. The molecule has 0 spiro atoms. The molecule has 0 saturated carbocycles. The molecule has 0 aliphatic carbocycles. The van der Waals surface area contributed by atoms with Crippen LogP contribution in [-0.4, -0.2) is 37.1 Å². The summed E-state index contributed by atoms with van der Waals surface area (Å²) in [5.74, 6) is -0.380. The summed E-state index contributed by atoms with van der Waals surface area (Å²) in [5.41, 5.74) is 6.47. The summed E-state index contributed by atoms with van der Waals surface area (Å²) in [6.07, 6.45) is 0.973. The van der Waals surface area contributed by atoms with Gasteiger partial charge in [-0.1, -0.05) is 18.3 Å². The molecule has 1 aromatic rings. The van der Waals surface area contributed by atoms with Crippen LogP contribution >= 0.6 is 12.2 Å². The van der Waals surface area contributed by atoms with Gasteiger partial charge in [0.2, 0.25) is 0 Å². The molecule has 94 valence electrons. The summed E-state index contributed by atoms with van der Waals surface area (Å²) in [7, 11) is 4.03.